The number of carbonyl (C=O) groups is 2. The van der Waals surface area contributed by atoms with Crippen molar-refractivity contribution in [3.8, 4) is 10.6 Å². The van der Waals surface area contributed by atoms with Gasteiger partial charge in [0.05, 0.1) is 11.1 Å². The number of aromatic nitrogens is 1. The molecule has 6 heteroatoms. The lowest BCUT2D eigenvalue weighted by Gasteiger charge is -2.16. The highest BCUT2D eigenvalue weighted by atomic mass is 32.1. The smallest absolute Gasteiger partial charge is 0.234 e. The van der Waals surface area contributed by atoms with Gasteiger partial charge in [-0.15, -0.1) is 11.3 Å². The lowest BCUT2D eigenvalue weighted by molar-refractivity contribution is -0.119. The number of anilines is 2. The summed E-state index contributed by atoms with van der Waals surface area (Å²) < 4.78 is 0. The summed E-state index contributed by atoms with van der Waals surface area (Å²) in [6, 6.07) is 15.6. The number of hydrogen-bond donors (Lipinski definition) is 2. The summed E-state index contributed by atoms with van der Waals surface area (Å²) in [5.41, 5.74) is 3.84. The summed E-state index contributed by atoms with van der Waals surface area (Å²) in [6.07, 6.45) is 0.946. The van der Waals surface area contributed by atoms with Crippen LogP contribution in [0, 0.1) is 0 Å². The first-order valence-corrected chi connectivity index (χ1v) is 10.1. The van der Waals surface area contributed by atoms with Crippen LogP contribution >= 0.6 is 11.3 Å². The Balaban J connectivity index is 1.38. The van der Waals surface area contributed by atoms with Crippen molar-refractivity contribution in [1.29, 1.82) is 0 Å². The Hall–Kier alpha value is -2.99. The van der Waals surface area contributed by atoms with Crippen molar-refractivity contribution in [1.82, 2.24) is 4.98 Å². The van der Waals surface area contributed by atoms with Crippen LogP contribution < -0.4 is 10.6 Å². The van der Waals surface area contributed by atoms with E-state index in [0.29, 0.717) is 18.5 Å². The summed E-state index contributed by atoms with van der Waals surface area (Å²) in [5.74, 6) is -0.0898. The molecule has 0 bridgehead atoms. The number of amides is 2. The fourth-order valence-electron chi connectivity index (χ4n) is 3.25. The quantitative estimate of drug-likeness (QED) is 0.667. The monoisotopic (exact) mass is 391 g/mol. The maximum atomic E-state index is 12.4. The van der Waals surface area contributed by atoms with Crippen LogP contribution in [-0.4, -0.2) is 16.8 Å². The van der Waals surface area contributed by atoms with Gasteiger partial charge in [-0.1, -0.05) is 30.3 Å². The summed E-state index contributed by atoms with van der Waals surface area (Å²) in [4.78, 5) is 29.0. The number of nitrogens with zero attached hydrogens (tertiary/aromatic N) is 1. The zero-order valence-corrected chi connectivity index (χ0v) is 16.6. The zero-order valence-electron chi connectivity index (χ0n) is 15.8. The van der Waals surface area contributed by atoms with E-state index in [1.165, 1.54) is 0 Å². The van der Waals surface area contributed by atoms with E-state index >= 15 is 0 Å². The van der Waals surface area contributed by atoms with Crippen molar-refractivity contribution in [2.75, 3.05) is 10.6 Å². The molecular weight excluding hydrogens is 370 g/mol. The van der Waals surface area contributed by atoms with Crippen LogP contribution in [0.25, 0.3) is 10.6 Å². The molecule has 3 aromatic rings. The highest BCUT2D eigenvalue weighted by molar-refractivity contribution is 7.13. The molecule has 142 valence electrons. The number of rotatable bonds is 5. The van der Waals surface area contributed by atoms with E-state index in [2.05, 4.69) is 15.6 Å². The predicted octanol–water partition coefficient (Wildman–Crippen LogP) is 4.61. The first-order valence-electron chi connectivity index (χ1n) is 9.19. The van der Waals surface area contributed by atoms with Crippen LogP contribution in [0.3, 0.4) is 0 Å². The van der Waals surface area contributed by atoms with Crippen molar-refractivity contribution in [3.05, 3.63) is 65.2 Å². The second-order valence-electron chi connectivity index (χ2n) is 7.40. The predicted molar refractivity (Wildman–Crippen MR) is 113 cm³/mol. The van der Waals surface area contributed by atoms with Gasteiger partial charge >= 0.3 is 0 Å². The molecule has 0 aliphatic carbocycles. The fraction of sp³-hybridized carbons (Fsp3) is 0.227. The largest absolute Gasteiger partial charge is 0.326 e. The Kier molecular flexibility index (Phi) is 4.73. The van der Waals surface area contributed by atoms with Crippen LogP contribution in [0.15, 0.2) is 53.9 Å². The average Bonchev–Trinajstić information content (AvgIpc) is 3.25. The van der Waals surface area contributed by atoms with Gasteiger partial charge in [-0.3, -0.25) is 9.59 Å². The third-order valence-electron chi connectivity index (χ3n) is 4.97. The van der Waals surface area contributed by atoms with E-state index in [9.17, 15) is 9.59 Å². The first-order chi connectivity index (χ1) is 13.4. The second-order valence-corrected chi connectivity index (χ2v) is 8.26. The van der Waals surface area contributed by atoms with E-state index in [0.717, 1.165) is 27.5 Å². The maximum Gasteiger partial charge on any atom is 0.234 e. The SMILES string of the molecule is CC1(C)C(=O)Nc2ccc(NC(=O)CCc3csc(-c4ccccc4)n3)cc21. The Morgan fingerprint density at radius 1 is 1.18 bits per heavy atom. The summed E-state index contributed by atoms with van der Waals surface area (Å²) in [5, 5.41) is 8.77. The number of fused-ring (bicyclic) bond motifs is 1. The Morgan fingerprint density at radius 2 is 1.96 bits per heavy atom. The van der Waals surface area contributed by atoms with Crippen LogP contribution in [0.4, 0.5) is 11.4 Å². The summed E-state index contributed by atoms with van der Waals surface area (Å²) in [7, 11) is 0. The number of hydrogen-bond acceptors (Lipinski definition) is 4. The van der Waals surface area contributed by atoms with Gasteiger partial charge in [0, 0.05) is 28.7 Å². The molecule has 2 heterocycles. The van der Waals surface area contributed by atoms with Gasteiger partial charge in [0.15, 0.2) is 0 Å². The Labute approximate surface area is 167 Å². The van der Waals surface area contributed by atoms with Gasteiger partial charge in [-0.25, -0.2) is 4.98 Å². The minimum Gasteiger partial charge on any atom is -0.326 e. The lowest BCUT2D eigenvalue weighted by atomic mass is 9.86. The van der Waals surface area contributed by atoms with Gasteiger partial charge < -0.3 is 10.6 Å². The van der Waals surface area contributed by atoms with Crippen molar-refractivity contribution >= 4 is 34.5 Å². The van der Waals surface area contributed by atoms with Gasteiger partial charge in [0.2, 0.25) is 11.8 Å². The third-order valence-corrected chi connectivity index (χ3v) is 5.91. The summed E-state index contributed by atoms with van der Waals surface area (Å²) >= 11 is 1.59. The van der Waals surface area contributed by atoms with E-state index < -0.39 is 5.41 Å². The molecule has 0 fully saturated rings. The maximum absolute atomic E-state index is 12.4. The molecule has 2 amide bonds. The summed E-state index contributed by atoms with van der Waals surface area (Å²) in [6.45, 7) is 3.76. The fourth-order valence-corrected chi connectivity index (χ4v) is 4.11. The van der Waals surface area contributed by atoms with Gasteiger partial charge in [-0.2, -0.15) is 0 Å². The number of benzene rings is 2. The molecule has 0 spiro atoms. The van der Waals surface area contributed by atoms with Crippen LogP contribution in [0.2, 0.25) is 0 Å². The first kappa shape index (κ1) is 18.4. The molecule has 0 saturated heterocycles. The van der Waals surface area contributed by atoms with E-state index in [1.807, 2.05) is 67.8 Å². The molecule has 0 atom stereocenters. The third kappa shape index (κ3) is 3.55. The molecular formula is C22H21N3O2S. The molecule has 5 nitrogen and oxygen atoms in total. The molecule has 2 N–H and O–H groups in total. The molecule has 1 aliphatic heterocycles. The minimum atomic E-state index is -0.593. The number of nitrogens with one attached hydrogen (secondary N) is 2. The number of aryl methyl sites for hydroxylation is 1. The van der Waals surface area contributed by atoms with Gasteiger partial charge in [0.25, 0.3) is 0 Å². The van der Waals surface area contributed by atoms with Gasteiger partial charge in [0.1, 0.15) is 5.01 Å². The molecule has 1 aliphatic rings. The van der Waals surface area contributed by atoms with Crippen molar-refractivity contribution in [2.24, 2.45) is 0 Å². The molecule has 28 heavy (non-hydrogen) atoms. The Bertz CT molecular complexity index is 1040. The molecule has 4 rings (SSSR count). The highest BCUT2D eigenvalue weighted by Crippen LogP contribution is 2.38. The minimum absolute atomic E-state index is 0.0243. The van der Waals surface area contributed by atoms with E-state index in [4.69, 9.17) is 0 Å². The lowest BCUT2D eigenvalue weighted by Crippen LogP contribution is -2.26. The topological polar surface area (TPSA) is 71.1 Å². The Morgan fingerprint density at radius 3 is 2.75 bits per heavy atom. The van der Waals surface area contributed by atoms with Crippen LogP contribution in [0.1, 0.15) is 31.5 Å². The average molecular weight is 391 g/mol. The highest BCUT2D eigenvalue weighted by Gasteiger charge is 2.38. The molecule has 1 aromatic heterocycles. The molecule has 0 unspecified atom stereocenters. The number of carbonyl (C=O) groups excluding carboxylic acids is 2. The van der Waals surface area contributed by atoms with E-state index in [1.54, 1.807) is 11.3 Å². The number of thiazole rings is 1. The van der Waals surface area contributed by atoms with Crippen LogP contribution in [-0.2, 0) is 21.4 Å². The standard InChI is InChI=1S/C22H21N3O2S/c1-22(2)17-12-15(8-10-18(17)25-21(22)27)23-19(26)11-9-16-13-28-20(24-16)14-6-4-3-5-7-14/h3-8,10,12-13H,9,11H2,1-2H3,(H,23,26)(H,25,27). The van der Waals surface area contributed by atoms with E-state index in [-0.39, 0.29) is 11.8 Å². The molecule has 0 radical (unpaired) electrons. The van der Waals surface area contributed by atoms with Crippen LogP contribution in [0.5, 0.6) is 0 Å². The van der Waals surface area contributed by atoms with Gasteiger partial charge in [-0.05, 0) is 44.0 Å². The van der Waals surface area contributed by atoms with Crippen molar-refractivity contribution < 1.29 is 9.59 Å². The van der Waals surface area contributed by atoms with Crippen molar-refractivity contribution in [3.63, 3.8) is 0 Å². The molecule has 2 aromatic carbocycles. The van der Waals surface area contributed by atoms with Crippen molar-refractivity contribution in [2.45, 2.75) is 32.1 Å². The zero-order chi connectivity index (χ0) is 19.7. The molecule has 0 saturated carbocycles. The second kappa shape index (κ2) is 7.20. The normalized spacial score (nSPS) is 14.4.